The van der Waals surface area contributed by atoms with Crippen molar-refractivity contribution in [3.63, 3.8) is 0 Å². The Morgan fingerprint density at radius 2 is 1.75 bits per heavy atom. The number of guanidine groups is 1. The number of ether oxygens (including phenoxy) is 3. The maximum atomic E-state index is 5.74. The maximum absolute atomic E-state index is 5.74. The van der Waals surface area contributed by atoms with Gasteiger partial charge in [-0.3, -0.25) is 4.99 Å². The third kappa shape index (κ3) is 7.96. The Morgan fingerprint density at radius 1 is 1.03 bits per heavy atom. The first-order valence-electron chi connectivity index (χ1n) is 10.8. The number of anilines is 1. The molecule has 1 saturated heterocycles. The Bertz CT molecular complexity index is 813. The van der Waals surface area contributed by atoms with Crippen molar-refractivity contribution in [1.82, 2.24) is 10.6 Å². The number of aliphatic imine (C=N–C) groups is 1. The first kappa shape index (κ1) is 25.9. The second-order valence-corrected chi connectivity index (χ2v) is 7.51. The average molecular weight is 554 g/mol. The quantitative estimate of drug-likeness (QED) is 0.201. The Morgan fingerprint density at radius 3 is 2.41 bits per heavy atom. The molecule has 1 atom stereocenters. The number of unbranched alkanes of at least 4 members (excludes halogenated alkanes) is 1. The van der Waals surface area contributed by atoms with E-state index >= 15 is 0 Å². The number of hydrogen-bond donors (Lipinski definition) is 2. The first-order chi connectivity index (χ1) is 15.2. The molecule has 2 N–H and O–H groups in total. The van der Waals surface area contributed by atoms with E-state index in [0.717, 1.165) is 74.4 Å². The molecule has 2 aromatic carbocycles. The van der Waals surface area contributed by atoms with Crippen LogP contribution in [0.5, 0.6) is 17.2 Å². The highest BCUT2D eigenvalue weighted by Gasteiger charge is 2.24. The average Bonchev–Trinajstić information content (AvgIpc) is 3.29. The highest BCUT2D eigenvalue weighted by molar-refractivity contribution is 14.0. The normalized spacial score (nSPS) is 15.7. The topological polar surface area (TPSA) is 67.4 Å². The molecule has 0 saturated carbocycles. The maximum Gasteiger partial charge on any atom is 0.191 e. The van der Waals surface area contributed by atoms with Crippen LogP contribution in [0.1, 0.15) is 19.3 Å². The summed E-state index contributed by atoms with van der Waals surface area (Å²) >= 11 is 0. The van der Waals surface area contributed by atoms with E-state index in [2.05, 4.69) is 32.7 Å². The van der Waals surface area contributed by atoms with Crippen LogP contribution in [-0.2, 0) is 0 Å². The number of benzene rings is 2. The van der Waals surface area contributed by atoms with E-state index in [4.69, 9.17) is 14.2 Å². The highest BCUT2D eigenvalue weighted by Crippen LogP contribution is 2.30. The summed E-state index contributed by atoms with van der Waals surface area (Å²) in [5.74, 6) is 3.38. The van der Waals surface area contributed by atoms with Gasteiger partial charge in [-0.15, -0.1) is 24.0 Å². The molecule has 1 aliphatic rings. The monoisotopic (exact) mass is 554 g/mol. The molecule has 1 fully saturated rings. The standard InChI is InChI=1S/C24H34N4O3.HI/c1-25-24(26-12-7-8-14-31-21-9-5-4-6-10-21)27-19-11-13-28(18-19)20-15-22(29-2)17-23(16-20)30-3;/h4-6,9-10,15-17,19H,7-8,11-14,18H2,1-3H3,(H2,25,26,27);1H. The molecule has 0 amide bonds. The third-order valence-electron chi connectivity index (χ3n) is 5.33. The van der Waals surface area contributed by atoms with E-state index < -0.39 is 0 Å². The van der Waals surface area contributed by atoms with Crippen LogP contribution in [0, 0.1) is 0 Å². The van der Waals surface area contributed by atoms with E-state index in [1.54, 1.807) is 14.2 Å². The van der Waals surface area contributed by atoms with Crippen LogP contribution in [0.15, 0.2) is 53.5 Å². The minimum atomic E-state index is 0. The molecule has 0 bridgehead atoms. The highest BCUT2D eigenvalue weighted by atomic mass is 127. The van der Waals surface area contributed by atoms with Gasteiger partial charge < -0.3 is 29.7 Å². The Hall–Kier alpha value is -2.36. The molecular weight excluding hydrogens is 519 g/mol. The fourth-order valence-electron chi connectivity index (χ4n) is 3.62. The zero-order valence-corrected chi connectivity index (χ0v) is 21.5. The van der Waals surface area contributed by atoms with E-state index in [1.807, 2.05) is 43.4 Å². The first-order valence-corrected chi connectivity index (χ1v) is 10.8. The molecule has 8 heteroatoms. The minimum absolute atomic E-state index is 0. The van der Waals surface area contributed by atoms with Crippen LogP contribution >= 0.6 is 24.0 Å². The Labute approximate surface area is 208 Å². The molecule has 32 heavy (non-hydrogen) atoms. The molecule has 3 rings (SSSR count). The summed E-state index contributed by atoms with van der Waals surface area (Å²) in [7, 11) is 5.17. The van der Waals surface area contributed by atoms with Crippen molar-refractivity contribution in [1.29, 1.82) is 0 Å². The van der Waals surface area contributed by atoms with Gasteiger partial charge in [-0.05, 0) is 31.4 Å². The molecule has 1 heterocycles. The second-order valence-electron chi connectivity index (χ2n) is 7.51. The summed E-state index contributed by atoms with van der Waals surface area (Å²) in [6, 6.07) is 16.3. The number of rotatable bonds is 10. The minimum Gasteiger partial charge on any atom is -0.497 e. The van der Waals surface area contributed by atoms with Crippen LogP contribution in [0.25, 0.3) is 0 Å². The SMILES string of the molecule is CN=C(NCCCCOc1ccccc1)NC1CCN(c2cc(OC)cc(OC)c2)C1.I. The lowest BCUT2D eigenvalue weighted by atomic mass is 10.2. The van der Waals surface area contributed by atoms with E-state index in [0.29, 0.717) is 6.04 Å². The zero-order chi connectivity index (χ0) is 21.9. The van der Waals surface area contributed by atoms with Gasteiger partial charge in [0, 0.05) is 56.6 Å². The number of nitrogens with zero attached hydrogens (tertiary/aromatic N) is 2. The lowest BCUT2D eigenvalue weighted by molar-refractivity contribution is 0.307. The third-order valence-corrected chi connectivity index (χ3v) is 5.33. The molecule has 0 radical (unpaired) electrons. The number of methoxy groups -OCH3 is 2. The largest absolute Gasteiger partial charge is 0.497 e. The molecule has 0 aromatic heterocycles. The molecule has 2 aromatic rings. The summed E-state index contributed by atoms with van der Waals surface area (Å²) in [5, 5.41) is 6.95. The van der Waals surface area contributed by atoms with Crippen LogP contribution in [0.4, 0.5) is 5.69 Å². The summed E-state index contributed by atoms with van der Waals surface area (Å²) in [6.07, 6.45) is 3.06. The summed E-state index contributed by atoms with van der Waals surface area (Å²) in [5.41, 5.74) is 1.11. The smallest absolute Gasteiger partial charge is 0.191 e. The van der Waals surface area contributed by atoms with E-state index in [9.17, 15) is 0 Å². The number of nitrogens with one attached hydrogen (secondary N) is 2. The molecule has 176 valence electrons. The summed E-state index contributed by atoms with van der Waals surface area (Å²) in [4.78, 5) is 6.72. The van der Waals surface area contributed by atoms with Gasteiger partial charge in [-0.1, -0.05) is 18.2 Å². The van der Waals surface area contributed by atoms with Crippen molar-refractivity contribution < 1.29 is 14.2 Å². The van der Waals surface area contributed by atoms with Crippen molar-refractivity contribution in [2.45, 2.75) is 25.3 Å². The summed E-state index contributed by atoms with van der Waals surface area (Å²) < 4.78 is 16.5. The molecule has 1 aliphatic heterocycles. The van der Waals surface area contributed by atoms with Gasteiger partial charge in [0.25, 0.3) is 0 Å². The second kappa shape index (κ2) is 13.9. The zero-order valence-electron chi connectivity index (χ0n) is 19.2. The predicted molar refractivity (Wildman–Crippen MR) is 141 cm³/mol. The van der Waals surface area contributed by atoms with Crippen molar-refractivity contribution in [2.75, 3.05) is 52.4 Å². The van der Waals surface area contributed by atoms with Crippen molar-refractivity contribution >= 4 is 35.6 Å². The van der Waals surface area contributed by atoms with Gasteiger partial charge in [-0.25, -0.2) is 0 Å². The van der Waals surface area contributed by atoms with Crippen LogP contribution < -0.4 is 29.7 Å². The molecule has 0 aliphatic carbocycles. The fraction of sp³-hybridized carbons (Fsp3) is 0.458. The van der Waals surface area contributed by atoms with Gasteiger partial charge in [0.05, 0.1) is 20.8 Å². The van der Waals surface area contributed by atoms with Crippen LogP contribution in [0.3, 0.4) is 0 Å². The molecule has 1 unspecified atom stereocenters. The Balaban J connectivity index is 0.00000363. The number of para-hydroxylation sites is 1. The van der Waals surface area contributed by atoms with Crippen molar-refractivity contribution in [3.8, 4) is 17.2 Å². The predicted octanol–water partition coefficient (Wildman–Crippen LogP) is 3.92. The van der Waals surface area contributed by atoms with E-state index in [1.165, 1.54) is 0 Å². The summed E-state index contributed by atoms with van der Waals surface area (Å²) in [6.45, 7) is 3.46. The lowest BCUT2D eigenvalue weighted by Crippen LogP contribution is -2.44. The van der Waals surface area contributed by atoms with Gasteiger partial charge in [0.1, 0.15) is 17.2 Å². The van der Waals surface area contributed by atoms with Gasteiger partial charge in [0.15, 0.2) is 5.96 Å². The molecular formula is C24H35IN4O3. The number of hydrogen-bond acceptors (Lipinski definition) is 5. The van der Waals surface area contributed by atoms with Crippen LogP contribution in [0.2, 0.25) is 0 Å². The van der Waals surface area contributed by atoms with Crippen molar-refractivity contribution in [3.05, 3.63) is 48.5 Å². The van der Waals surface area contributed by atoms with Gasteiger partial charge >= 0.3 is 0 Å². The van der Waals surface area contributed by atoms with Gasteiger partial charge in [0.2, 0.25) is 0 Å². The van der Waals surface area contributed by atoms with Crippen molar-refractivity contribution in [2.24, 2.45) is 4.99 Å². The van der Waals surface area contributed by atoms with Gasteiger partial charge in [-0.2, -0.15) is 0 Å². The Kier molecular flexibility index (Phi) is 11.3. The fourth-order valence-corrected chi connectivity index (χ4v) is 3.62. The number of halogens is 1. The molecule has 0 spiro atoms. The lowest BCUT2D eigenvalue weighted by Gasteiger charge is -2.21. The van der Waals surface area contributed by atoms with Crippen LogP contribution in [-0.4, -0.2) is 59.5 Å². The molecule has 7 nitrogen and oxygen atoms in total. The van der Waals surface area contributed by atoms with E-state index in [-0.39, 0.29) is 24.0 Å².